The van der Waals surface area contributed by atoms with Gasteiger partial charge in [0.15, 0.2) is 6.10 Å². The van der Waals surface area contributed by atoms with E-state index in [4.69, 9.17) is 14.6 Å². The first kappa shape index (κ1) is 15.9. The van der Waals surface area contributed by atoms with E-state index in [0.29, 0.717) is 13.2 Å². The number of hydrogen-bond donors (Lipinski definition) is 2. The Labute approximate surface area is 130 Å². The zero-order valence-corrected chi connectivity index (χ0v) is 12.8. The van der Waals surface area contributed by atoms with Crippen molar-refractivity contribution >= 4 is 27.8 Å². The molecule has 1 fully saturated rings. The van der Waals surface area contributed by atoms with Crippen molar-refractivity contribution in [2.24, 2.45) is 0 Å². The van der Waals surface area contributed by atoms with Gasteiger partial charge in [-0.15, -0.1) is 0 Å². The van der Waals surface area contributed by atoms with E-state index in [1.54, 1.807) is 24.3 Å². The van der Waals surface area contributed by atoms with Crippen LogP contribution in [0.25, 0.3) is 0 Å². The summed E-state index contributed by atoms with van der Waals surface area (Å²) in [5.41, 5.74) is 0.727. The van der Waals surface area contributed by atoms with E-state index < -0.39 is 18.1 Å². The Hall–Kier alpha value is -1.44. The lowest BCUT2D eigenvalue weighted by atomic mass is 10.0. The van der Waals surface area contributed by atoms with Crippen LogP contribution in [0.2, 0.25) is 0 Å². The molecule has 0 aliphatic carbocycles. The van der Waals surface area contributed by atoms with Crippen molar-refractivity contribution in [3.63, 3.8) is 0 Å². The number of halogens is 1. The number of amides is 1. The summed E-state index contributed by atoms with van der Waals surface area (Å²) in [5.74, 6) is -1.34. The van der Waals surface area contributed by atoms with Crippen LogP contribution >= 0.6 is 15.9 Å². The number of hydrogen-bond acceptors (Lipinski definition) is 4. The fourth-order valence-electron chi connectivity index (χ4n) is 2.03. The van der Waals surface area contributed by atoms with Crippen molar-refractivity contribution in [3.05, 3.63) is 34.3 Å². The van der Waals surface area contributed by atoms with E-state index in [0.717, 1.165) is 10.0 Å². The van der Waals surface area contributed by atoms with Gasteiger partial charge in [0.2, 0.25) is 0 Å². The van der Waals surface area contributed by atoms with Gasteiger partial charge in [0.25, 0.3) is 5.91 Å². The molecule has 2 atom stereocenters. The molecule has 6 nitrogen and oxygen atoms in total. The van der Waals surface area contributed by atoms with Crippen LogP contribution in [0.15, 0.2) is 28.7 Å². The van der Waals surface area contributed by atoms with Gasteiger partial charge in [-0.1, -0.05) is 28.1 Å². The van der Waals surface area contributed by atoms with Gasteiger partial charge in [-0.25, -0.2) is 0 Å². The largest absolute Gasteiger partial charge is 0.481 e. The van der Waals surface area contributed by atoms with Crippen LogP contribution in [0.5, 0.6) is 0 Å². The van der Waals surface area contributed by atoms with Crippen molar-refractivity contribution in [3.8, 4) is 0 Å². The average molecular weight is 358 g/mol. The number of benzene rings is 1. The van der Waals surface area contributed by atoms with Crippen molar-refractivity contribution in [2.45, 2.75) is 18.6 Å². The van der Waals surface area contributed by atoms with E-state index in [1.165, 1.54) is 0 Å². The van der Waals surface area contributed by atoms with Crippen LogP contribution in [0.3, 0.4) is 0 Å². The lowest BCUT2D eigenvalue weighted by Gasteiger charge is -2.25. The number of ether oxygens (including phenoxy) is 2. The molecule has 1 aliphatic heterocycles. The lowest BCUT2D eigenvalue weighted by molar-refractivity contribution is -0.148. The van der Waals surface area contributed by atoms with E-state index >= 15 is 0 Å². The van der Waals surface area contributed by atoms with E-state index in [-0.39, 0.29) is 18.9 Å². The molecule has 1 aromatic carbocycles. The number of carboxylic acid groups (broad SMARTS) is 1. The minimum absolute atomic E-state index is 0.186. The van der Waals surface area contributed by atoms with Gasteiger partial charge in [0, 0.05) is 4.47 Å². The molecule has 7 heteroatoms. The molecule has 1 aromatic rings. The third-order valence-corrected chi connectivity index (χ3v) is 3.60. The summed E-state index contributed by atoms with van der Waals surface area (Å²) in [6.45, 7) is 1.01. The Morgan fingerprint density at radius 3 is 2.62 bits per heavy atom. The Morgan fingerprint density at radius 2 is 2.05 bits per heavy atom. The molecule has 0 aromatic heterocycles. The first-order valence-electron chi connectivity index (χ1n) is 6.53. The van der Waals surface area contributed by atoms with Gasteiger partial charge in [0.05, 0.1) is 32.3 Å². The Balaban J connectivity index is 2.06. The van der Waals surface area contributed by atoms with Gasteiger partial charge in [0.1, 0.15) is 0 Å². The molecule has 0 unspecified atom stereocenters. The summed E-state index contributed by atoms with van der Waals surface area (Å²) >= 11 is 3.32. The Morgan fingerprint density at radius 1 is 1.33 bits per heavy atom. The summed E-state index contributed by atoms with van der Waals surface area (Å²) in [6.07, 6.45) is -0.883. The third-order valence-electron chi connectivity index (χ3n) is 3.08. The highest BCUT2D eigenvalue weighted by Crippen LogP contribution is 2.20. The first-order chi connectivity index (χ1) is 10.1. The number of nitrogens with one attached hydrogen (secondary N) is 1. The van der Waals surface area contributed by atoms with Gasteiger partial charge < -0.3 is 19.9 Å². The summed E-state index contributed by atoms with van der Waals surface area (Å²) in [7, 11) is 0. The molecule has 2 rings (SSSR count). The zero-order chi connectivity index (χ0) is 15.2. The average Bonchev–Trinajstić information content (AvgIpc) is 2.48. The molecule has 0 spiro atoms. The van der Waals surface area contributed by atoms with Crippen LogP contribution in [-0.4, -0.2) is 42.9 Å². The van der Waals surface area contributed by atoms with Gasteiger partial charge >= 0.3 is 5.97 Å². The number of carbonyl (C=O) groups is 2. The predicted molar refractivity (Wildman–Crippen MR) is 77.8 cm³/mol. The number of carboxylic acids is 1. The molecule has 114 valence electrons. The second-order valence-corrected chi connectivity index (χ2v) is 5.56. The Bertz CT molecular complexity index is 499. The first-order valence-corrected chi connectivity index (χ1v) is 7.32. The number of carbonyl (C=O) groups excluding carboxylic acids is 1. The standard InChI is InChI=1S/C14H16BrNO5/c15-10-3-1-9(2-4-10)11(7-13(17)18)16-14(19)12-8-20-5-6-21-12/h1-4,11-12H,5-8H2,(H,16,19)(H,17,18)/t11-,12+/m1/s1. The maximum absolute atomic E-state index is 12.1. The molecule has 0 saturated carbocycles. The molecule has 1 saturated heterocycles. The van der Waals surface area contributed by atoms with E-state index in [1.807, 2.05) is 0 Å². The molecular weight excluding hydrogens is 342 g/mol. The van der Waals surface area contributed by atoms with Gasteiger partial charge in [-0.2, -0.15) is 0 Å². The van der Waals surface area contributed by atoms with Crippen LogP contribution in [0.1, 0.15) is 18.0 Å². The zero-order valence-electron chi connectivity index (χ0n) is 11.3. The summed E-state index contributed by atoms with van der Waals surface area (Å²) < 4.78 is 11.4. The maximum Gasteiger partial charge on any atom is 0.305 e. The number of aliphatic carboxylic acids is 1. The minimum Gasteiger partial charge on any atom is -0.481 e. The minimum atomic E-state index is -0.982. The fraction of sp³-hybridized carbons (Fsp3) is 0.429. The monoisotopic (exact) mass is 357 g/mol. The lowest BCUT2D eigenvalue weighted by Crippen LogP contribution is -2.44. The molecule has 1 aliphatic rings. The van der Waals surface area contributed by atoms with Crippen molar-refractivity contribution in [1.29, 1.82) is 0 Å². The smallest absolute Gasteiger partial charge is 0.305 e. The van der Waals surface area contributed by atoms with E-state index in [2.05, 4.69) is 21.2 Å². The summed E-state index contributed by atoms with van der Waals surface area (Å²) in [6, 6.07) is 6.55. The fourth-order valence-corrected chi connectivity index (χ4v) is 2.29. The topological polar surface area (TPSA) is 84.9 Å². The Kier molecular flexibility index (Phi) is 5.72. The maximum atomic E-state index is 12.1. The molecule has 0 bridgehead atoms. The SMILES string of the molecule is O=C(O)C[C@@H](NC(=O)[C@@H]1COCCO1)c1ccc(Br)cc1. The second-order valence-electron chi connectivity index (χ2n) is 4.64. The molecular formula is C14H16BrNO5. The molecule has 1 heterocycles. The highest BCUT2D eigenvalue weighted by molar-refractivity contribution is 9.10. The molecule has 2 N–H and O–H groups in total. The normalized spacial score (nSPS) is 19.8. The van der Waals surface area contributed by atoms with Crippen molar-refractivity contribution < 1.29 is 24.2 Å². The van der Waals surface area contributed by atoms with Crippen LogP contribution in [0, 0.1) is 0 Å². The van der Waals surface area contributed by atoms with Gasteiger partial charge in [-0.3, -0.25) is 9.59 Å². The van der Waals surface area contributed by atoms with Crippen LogP contribution in [0.4, 0.5) is 0 Å². The molecule has 0 radical (unpaired) electrons. The summed E-state index contributed by atoms with van der Waals surface area (Å²) in [4.78, 5) is 23.1. The quantitative estimate of drug-likeness (QED) is 0.833. The third kappa shape index (κ3) is 4.80. The van der Waals surface area contributed by atoms with Crippen molar-refractivity contribution in [2.75, 3.05) is 19.8 Å². The molecule has 21 heavy (non-hydrogen) atoms. The van der Waals surface area contributed by atoms with Crippen LogP contribution in [-0.2, 0) is 19.1 Å². The highest BCUT2D eigenvalue weighted by atomic mass is 79.9. The second kappa shape index (κ2) is 7.53. The summed E-state index contributed by atoms with van der Waals surface area (Å²) in [5, 5.41) is 11.7. The molecule has 1 amide bonds. The predicted octanol–water partition coefficient (Wildman–Crippen LogP) is 1.50. The highest BCUT2D eigenvalue weighted by Gasteiger charge is 2.26. The van der Waals surface area contributed by atoms with E-state index in [9.17, 15) is 9.59 Å². The van der Waals surface area contributed by atoms with Crippen molar-refractivity contribution in [1.82, 2.24) is 5.32 Å². The van der Waals surface area contributed by atoms with Gasteiger partial charge in [-0.05, 0) is 17.7 Å². The van der Waals surface area contributed by atoms with Crippen LogP contribution < -0.4 is 5.32 Å². The number of rotatable bonds is 5.